The lowest BCUT2D eigenvalue weighted by Crippen LogP contribution is -2.12. The molecule has 1 aromatic rings. The van der Waals surface area contributed by atoms with E-state index < -0.39 is 18.7 Å². The van der Waals surface area contributed by atoms with E-state index in [1.54, 1.807) is 31.2 Å². The Bertz CT molecular complexity index is 321. The van der Waals surface area contributed by atoms with E-state index in [9.17, 15) is 9.18 Å². The fourth-order valence-electron chi connectivity index (χ4n) is 1.23. The molecule has 0 aliphatic carbocycles. The number of aliphatic carboxylic acids is 1. The molecule has 0 aliphatic heterocycles. The summed E-state index contributed by atoms with van der Waals surface area (Å²) in [4.78, 5) is 10.6. The number of carbonyl (C=O) groups is 1. The number of halogens is 1. The first kappa shape index (κ1) is 11.5. The van der Waals surface area contributed by atoms with Gasteiger partial charge in [0.2, 0.25) is 6.86 Å². The predicted octanol–water partition coefficient (Wildman–Crippen LogP) is 2.26. The average molecular weight is 212 g/mol. The van der Waals surface area contributed by atoms with Gasteiger partial charge in [0, 0.05) is 0 Å². The molecular weight excluding hydrogens is 199 g/mol. The second-order valence-electron chi connectivity index (χ2n) is 3.34. The van der Waals surface area contributed by atoms with Gasteiger partial charge >= 0.3 is 5.97 Å². The predicted molar refractivity (Wildman–Crippen MR) is 53.5 cm³/mol. The lowest BCUT2D eigenvalue weighted by Gasteiger charge is -2.07. The molecule has 0 fully saturated rings. The van der Waals surface area contributed by atoms with Gasteiger partial charge in [-0.2, -0.15) is 0 Å². The second kappa shape index (κ2) is 5.34. The fourth-order valence-corrected chi connectivity index (χ4v) is 1.23. The Kier molecular flexibility index (Phi) is 4.09. The number of alkyl halides is 1. The highest BCUT2D eigenvalue weighted by Crippen LogP contribution is 2.15. The molecule has 82 valence electrons. The minimum atomic E-state index is -0.856. The Hall–Kier alpha value is -1.58. The van der Waals surface area contributed by atoms with Crippen molar-refractivity contribution >= 4 is 5.97 Å². The number of hydrogen-bond acceptors (Lipinski definition) is 2. The van der Waals surface area contributed by atoms with Gasteiger partial charge in [0.15, 0.2) is 0 Å². The zero-order valence-corrected chi connectivity index (χ0v) is 8.44. The van der Waals surface area contributed by atoms with Gasteiger partial charge in [0.1, 0.15) is 5.75 Å². The fraction of sp³-hybridized carbons (Fsp3) is 0.364. The number of ether oxygens (including phenoxy) is 1. The van der Waals surface area contributed by atoms with Crippen molar-refractivity contribution in [2.24, 2.45) is 5.92 Å². The maximum absolute atomic E-state index is 11.8. The summed E-state index contributed by atoms with van der Waals surface area (Å²) in [7, 11) is 0. The highest BCUT2D eigenvalue weighted by atomic mass is 19.1. The summed E-state index contributed by atoms with van der Waals surface area (Å²) >= 11 is 0. The lowest BCUT2D eigenvalue weighted by atomic mass is 10.0. The third kappa shape index (κ3) is 3.58. The lowest BCUT2D eigenvalue weighted by molar-refractivity contribution is -0.141. The van der Waals surface area contributed by atoms with Crippen LogP contribution >= 0.6 is 0 Å². The minimum Gasteiger partial charge on any atom is -0.481 e. The van der Waals surface area contributed by atoms with Crippen molar-refractivity contribution in [3.8, 4) is 5.75 Å². The van der Waals surface area contributed by atoms with E-state index in [0.29, 0.717) is 12.2 Å². The molecule has 0 amide bonds. The number of hydrogen-bond donors (Lipinski definition) is 1. The van der Waals surface area contributed by atoms with E-state index in [2.05, 4.69) is 4.74 Å². The van der Waals surface area contributed by atoms with Crippen LogP contribution in [0, 0.1) is 5.92 Å². The van der Waals surface area contributed by atoms with E-state index in [-0.39, 0.29) is 0 Å². The third-order valence-corrected chi connectivity index (χ3v) is 2.11. The minimum absolute atomic E-state index is 0.419. The maximum Gasteiger partial charge on any atom is 0.306 e. The molecule has 0 aromatic heterocycles. The van der Waals surface area contributed by atoms with Crippen LogP contribution in [0.4, 0.5) is 4.39 Å². The van der Waals surface area contributed by atoms with Gasteiger partial charge in [0.05, 0.1) is 5.92 Å². The molecule has 1 rings (SSSR count). The molecule has 1 aromatic carbocycles. The zero-order valence-electron chi connectivity index (χ0n) is 8.44. The van der Waals surface area contributed by atoms with Crippen LogP contribution in [0.1, 0.15) is 12.5 Å². The average Bonchev–Trinajstić information content (AvgIpc) is 2.21. The van der Waals surface area contributed by atoms with Crippen molar-refractivity contribution in [2.45, 2.75) is 13.3 Å². The Morgan fingerprint density at radius 2 is 2.07 bits per heavy atom. The Balaban J connectivity index is 2.60. The van der Waals surface area contributed by atoms with Crippen LogP contribution < -0.4 is 4.74 Å². The summed E-state index contributed by atoms with van der Waals surface area (Å²) in [5.41, 5.74) is 0.899. The standard InChI is InChI=1S/C11H13FO3/c1-8(11(13)14)6-9-2-4-10(5-3-9)15-7-12/h2-5,8H,6-7H2,1H3,(H,13,14)/t8-/m1/s1. The normalized spacial score (nSPS) is 12.1. The molecule has 15 heavy (non-hydrogen) atoms. The summed E-state index contributed by atoms with van der Waals surface area (Å²) in [6, 6.07) is 6.74. The molecule has 0 saturated heterocycles. The molecule has 0 saturated carbocycles. The molecule has 0 unspecified atom stereocenters. The maximum atomic E-state index is 11.8. The molecule has 1 N–H and O–H groups in total. The number of carboxylic acids is 1. The topological polar surface area (TPSA) is 46.5 Å². The summed E-state index contributed by atoms with van der Waals surface area (Å²) in [5.74, 6) is -0.791. The smallest absolute Gasteiger partial charge is 0.306 e. The van der Waals surface area contributed by atoms with Crippen LogP contribution in [0.3, 0.4) is 0 Å². The summed E-state index contributed by atoms with van der Waals surface area (Å²) in [6.07, 6.45) is 0.464. The molecule has 0 radical (unpaired) electrons. The molecular formula is C11H13FO3. The molecule has 0 aliphatic rings. The van der Waals surface area contributed by atoms with Crippen LogP contribution in [-0.4, -0.2) is 17.9 Å². The number of rotatable bonds is 5. The highest BCUT2D eigenvalue weighted by molar-refractivity contribution is 5.69. The van der Waals surface area contributed by atoms with Gasteiger partial charge in [-0.3, -0.25) is 4.79 Å². The van der Waals surface area contributed by atoms with Crippen molar-refractivity contribution in [1.29, 1.82) is 0 Å². The third-order valence-electron chi connectivity index (χ3n) is 2.11. The second-order valence-corrected chi connectivity index (χ2v) is 3.34. The van der Waals surface area contributed by atoms with Crippen LogP contribution in [0.2, 0.25) is 0 Å². The van der Waals surface area contributed by atoms with Crippen molar-refractivity contribution < 1.29 is 19.0 Å². The first-order valence-electron chi connectivity index (χ1n) is 4.64. The molecule has 0 bridgehead atoms. The van der Waals surface area contributed by atoms with Gasteiger partial charge in [0.25, 0.3) is 0 Å². The molecule has 3 nitrogen and oxygen atoms in total. The largest absolute Gasteiger partial charge is 0.481 e. The van der Waals surface area contributed by atoms with Gasteiger partial charge in [-0.05, 0) is 24.1 Å². The van der Waals surface area contributed by atoms with Gasteiger partial charge in [-0.1, -0.05) is 19.1 Å². The summed E-state index contributed by atoms with van der Waals surface area (Å²) < 4.78 is 16.4. The first-order valence-corrected chi connectivity index (χ1v) is 4.64. The zero-order chi connectivity index (χ0) is 11.3. The van der Waals surface area contributed by atoms with Crippen molar-refractivity contribution in [3.63, 3.8) is 0 Å². The molecule has 0 heterocycles. The molecule has 1 atom stereocenters. The Morgan fingerprint density at radius 1 is 1.47 bits per heavy atom. The molecule has 0 spiro atoms. The quantitative estimate of drug-likeness (QED) is 0.814. The van der Waals surface area contributed by atoms with E-state index in [0.717, 1.165) is 5.56 Å². The van der Waals surface area contributed by atoms with E-state index >= 15 is 0 Å². The van der Waals surface area contributed by atoms with E-state index in [1.807, 2.05) is 0 Å². The Morgan fingerprint density at radius 3 is 2.53 bits per heavy atom. The van der Waals surface area contributed by atoms with E-state index in [4.69, 9.17) is 5.11 Å². The van der Waals surface area contributed by atoms with Crippen LogP contribution in [0.15, 0.2) is 24.3 Å². The van der Waals surface area contributed by atoms with Gasteiger partial charge in [-0.15, -0.1) is 0 Å². The summed E-state index contributed by atoms with van der Waals surface area (Å²) in [5, 5.41) is 8.71. The monoisotopic (exact) mass is 212 g/mol. The van der Waals surface area contributed by atoms with Crippen molar-refractivity contribution in [3.05, 3.63) is 29.8 Å². The SMILES string of the molecule is C[C@H](Cc1ccc(OCF)cc1)C(=O)O. The van der Waals surface area contributed by atoms with Crippen LogP contribution in [0.25, 0.3) is 0 Å². The van der Waals surface area contributed by atoms with Crippen molar-refractivity contribution in [2.75, 3.05) is 6.86 Å². The Labute approximate surface area is 87.5 Å². The van der Waals surface area contributed by atoms with E-state index in [1.165, 1.54) is 0 Å². The van der Waals surface area contributed by atoms with Gasteiger partial charge in [-0.25, -0.2) is 4.39 Å². The highest BCUT2D eigenvalue weighted by Gasteiger charge is 2.11. The van der Waals surface area contributed by atoms with Crippen LogP contribution in [-0.2, 0) is 11.2 Å². The number of carboxylic acid groups (broad SMARTS) is 1. The van der Waals surface area contributed by atoms with Gasteiger partial charge < -0.3 is 9.84 Å². The van der Waals surface area contributed by atoms with Crippen LogP contribution in [0.5, 0.6) is 5.75 Å². The molecule has 4 heteroatoms. The van der Waals surface area contributed by atoms with Crippen molar-refractivity contribution in [1.82, 2.24) is 0 Å². The summed E-state index contributed by atoms with van der Waals surface area (Å²) in [6.45, 7) is 0.791. The first-order chi connectivity index (χ1) is 7.13. The number of benzene rings is 1.